The molecule has 2 aromatic carbocycles. The van der Waals surface area contributed by atoms with Gasteiger partial charge in [0.05, 0.1) is 16.3 Å². The minimum Gasteiger partial charge on any atom is -0.280 e. The van der Waals surface area contributed by atoms with E-state index in [0.29, 0.717) is 5.69 Å². The lowest BCUT2D eigenvalue weighted by molar-refractivity contribution is 0.601. The lowest BCUT2D eigenvalue weighted by atomic mass is 10.1. The highest BCUT2D eigenvalue weighted by Gasteiger charge is 2.18. The van der Waals surface area contributed by atoms with Gasteiger partial charge in [0.2, 0.25) is 0 Å². The van der Waals surface area contributed by atoms with Gasteiger partial charge in [-0.25, -0.2) is 13.4 Å². The van der Waals surface area contributed by atoms with Crippen LogP contribution in [0, 0.1) is 18.3 Å². The van der Waals surface area contributed by atoms with Crippen LogP contribution in [0.3, 0.4) is 0 Å². The van der Waals surface area contributed by atoms with Crippen LogP contribution >= 0.6 is 11.3 Å². The van der Waals surface area contributed by atoms with Crippen molar-refractivity contribution in [1.29, 1.82) is 5.26 Å². The first kappa shape index (κ1) is 16.2. The molecule has 0 amide bonds. The first-order chi connectivity index (χ1) is 11.5. The Balaban J connectivity index is 1.87. The van der Waals surface area contributed by atoms with Gasteiger partial charge in [0.25, 0.3) is 10.0 Å². The molecule has 0 atom stereocenters. The number of aryl methyl sites for hydroxylation is 1. The van der Waals surface area contributed by atoms with E-state index in [9.17, 15) is 8.42 Å². The SMILES string of the molecule is Cc1nc(-c2ccc(NS(=O)(=O)c3ccccc3C#N)cc2)cs1. The molecule has 1 heterocycles. The minimum atomic E-state index is -3.82. The minimum absolute atomic E-state index is 0.0355. The Morgan fingerprint density at radius 3 is 2.46 bits per heavy atom. The maximum absolute atomic E-state index is 12.5. The van der Waals surface area contributed by atoms with E-state index in [1.54, 1.807) is 35.6 Å². The van der Waals surface area contributed by atoms with Gasteiger partial charge >= 0.3 is 0 Å². The van der Waals surface area contributed by atoms with Gasteiger partial charge in [-0.1, -0.05) is 24.3 Å². The van der Waals surface area contributed by atoms with Crippen LogP contribution < -0.4 is 4.72 Å². The Morgan fingerprint density at radius 2 is 1.83 bits per heavy atom. The Hall–Kier alpha value is -2.69. The Bertz CT molecular complexity index is 1020. The van der Waals surface area contributed by atoms with Crippen molar-refractivity contribution in [2.24, 2.45) is 0 Å². The Morgan fingerprint density at radius 1 is 1.12 bits per heavy atom. The molecule has 3 aromatic rings. The van der Waals surface area contributed by atoms with E-state index < -0.39 is 10.0 Å². The molecule has 0 radical (unpaired) electrons. The summed E-state index contributed by atoms with van der Waals surface area (Å²) in [5, 5.41) is 12.0. The Kier molecular flexibility index (Phi) is 4.34. The molecule has 0 unspecified atom stereocenters. The number of aromatic nitrogens is 1. The van der Waals surface area contributed by atoms with Crippen LogP contribution in [0.1, 0.15) is 10.6 Å². The third-order valence-electron chi connectivity index (χ3n) is 3.35. The predicted octanol–water partition coefficient (Wildman–Crippen LogP) is 3.79. The van der Waals surface area contributed by atoms with Gasteiger partial charge in [-0.15, -0.1) is 11.3 Å². The van der Waals surface area contributed by atoms with Gasteiger partial charge in [0.1, 0.15) is 11.0 Å². The van der Waals surface area contributed by atoms with Crippen molar-refractivity contribution in [2.75, 3.05) is 4.72 Å². The number of hydrogen-bond donors (Lipinski definition) is 1. The fourth-order valence-corrected chi connectivity index (χ4v) is 4.05. The normalized spacial score (nSPS) is 11.0. The van der Waals surface area contributed by atoms with E-state index in [4.69, 9.17) is 5.26 Å². The van der Waals surface area contributed by atoms with Crippen LogP contribution in [-0.4, -0.2) is 13.4 Å². The third-order valence-corrected chi connectivity index (χ3v) is 5.56. The standard InChI is InChI=1S/C17H13N3O2S2/c1-12-19-16(11-23-12)13-6-8-15(9-7-13)20-24(21,22)17-5-3-2-4-14(17)10-18/h2-9,11,20H,1H3. The zero-order chi connectivity index (χ0) is 17.2. The lowest BCUT2D eigenvalue weighted by Crippen LogP contribution is -2.14. The van der Waals surface area contributed by atoms with Crippen molar-refractivity contribution in [3.05, 3.63) is 64.5 Å². The van der Waals surface area contributed by atoms with E-state index in [0.717, 1.165) is 16.3 Å². The smallest absolute Gasteiger partial charge is 0.263 e. The molecule has 0 aliphatic carbocycles. The number of rotatable bonds is 4. The van der Waals surface area contributed by atoms with Crippen molar-refractivity contribution in [3.8, 4) is 17.3 Å². The summed E-state index contributed by atoms with van der Waals surface area (Å²) in [7, 11) is -3.82. The van der Waals surface area contributed by atoms with Gasteiger partial charge in [-0.2, -0.15) is 5.26 Å². The number of nitriles is 1. The number of sulfonamides is 1. The predicted molar refractivity (Wildman–Crippen MR) is 94.3 cm³/mol. The van der Waals surface area contributed by atoms with Gasteiger partial charge in [0, 0.05) is 16.6 Å². The first-order valence-corrected chi connectivity index (χ1v) is 9.40. The number of nitrogens with zero attached hydrogens (tertiary/aromatic N) is 2. The van der Waals surface area contributed by atoms with Crippen LogP contribution in [0.15, 0.2) is 58.8 Å². The molecule has 120 valence electrons. The zero-order valence-electron chi connectivity index (χ0n) is 12.7. The summed E-state index contributed by atoms with van der Waals surface area (Å²) in [6.45, 7) is 1.93. The maximum atomic E-state index is 12.5. The fourth-order valence-electron chi connectivity index (χ4n) is 2.21. The van der Waals surface area contributed by atoms with Crippen LogP contribution in [0.25, 0.3) is 11.3 Å². The molecule has 5 nitrogen and oxygen atoms in total. The average Bonchev–Trinajstić information content (AvgIpc) is 3.01. The van der Waals surface area contributed by atoms with Gasteiger partial charge < -0.3 is 0 Å². The summed E-state index contributed by atoms with van der Waals surface area (Å²) in [4.78, 5) is 4.36. The summed E-state index contributed by atoms with van der Waals surface area (Å²) in [6.07, 6.45) is 0. The van der Waals surface area contributed by atoms with Gasteiger partial charge in [-0.05, 0) is 31.2 Å². The summed E-state index contributed by atoms with van der Waals surface area (Å²) in [6, 6.07) is 15.0. The van der Waals surface area contributed by atoms with Crippen LogP contribution in [0.5, 0.6) is 0 Å². The maximum Gasteiger partial charge on any atom is 0.263 e. The quantitative estimate of drug-likeness (QED) is 0.772. The molecule has 7 heteroatoms. The second-order valence-corrected chi connectivity index (χ2v) is 7.76. The van der Waals surface area contributed by atoms with Crippen molar-refractivity contribution in [3.63, 3.8) is 0 Å². The van der Waals surface area contributed by atoms with Gasteiger partial charge in [-0.3, -0.25) is 4.72 Å². The fraction of sp³-hybridized carbons (Fsp3) is 0.0588. The highest BCUT2D eigenvalue weighted by molar-refractivity contribution is 7.92. The molecular weight excluding hydrogens is 342 g/mol. The topological polar surface area (TPSA) is 82.8 Å². The number of nitrogens with one attached hydrogen (secondary N) is 1. The summed E-state index contributed by atoms with van der Waals surface area (Å²) >= 11 is 1.56. The summed E-state index contributed by atoms with van der Waals surface area (Å²) in [5.41, 5.74) is 2.32. The number of anilines is 1. The molecule has 0 saturated heterocycles. The van der Waals surface area contributed by atoms with Crippen molar-refractivity contribution in [1.82, 2.24) is 4.98 Å². The Labute approximate surface area is 144 Å². The van der Waals surface area contributed by atoms with Gasteiger partial charge in [0.15, 0.2) is 0 Å². The first-order valence-electron chi connectivity index (χ1n) is 7.04. The van der Waals surface area contributed by atoms with Crippen molar-refractivity contribution < 1.29 is 8.42 Å². The second-order valence-electron chi connectivity index (χ2n) is 5.04. The van der Waals surface area contributed by atoms with E-state index in [1.165, 1.54) is 12.1 Å². The molecule has 0 aliphatic heterocycles. The third kappa shape index (κ3) is 3.30. The van der Waals surface area contributed by atoms with E-state index >= 15 is 0 Å². The molecule has 0 spiro atoms. The highest BCUT2D eigenvalue weighted by atomic mass is 32.2. The second kappa shape index (κ2) is 6.43. The van der Waals surface area contributed by atoms with E-state index in [1.807, 2.05) is 30.5 Å². The van der Waals surface area contributed by atoms with Crippen molar-refractivity contribution in [2.45, 2.75) is 11.8 Å². The number of hydrogen-bond acceptors (Lipinski definition) is 5. The molecule has 0 aliphatic rings. The van der Waals surface area contributed by atoms with Crippen LogP contribution in [0.2, 0.25) is 0 Å². The molecule has 0 bridgehead atoms. The molecular formula is C17H13N3O2S2. The molecule has 24 heavy (non-hydrogen) atoms. The molecule has 0 saturated carbocycles. The lowest BCUT2D eigenvalue weighted by Gasteiger charge is -2.09. The summed E-state index contributed by atoms with van der Waals surface area (Å²) in [5.74, 6) is 0. The monoisotopic (exact) mass is 355 g/mol. The van der Waals surface area contributed by atoms with Crippen LogP contribution in [-0.2, 0) is 10.0 Å². The molecule has 1 aromatic heterocycles. The molecule has 0 fully saturated rings. The van der Waals surface area contributed by atoms with Crippen LogP contribution in [0.4, 0.5) is 5.69 Å². The highest BCUT2D eigenvalue weighted by Crippen LogP contribution is 2.24. The average molecular weight is 355 g/mol. The van der Waals surface area contributed by atoms with Crippen molar-refractivity contribution >= 4 is 27.0 Å². The van der Waals surface area contributed by atoms with E-state index in [-0.39, 0.29) is 10.5 Å². The molecule has 1 N–H and O–H groups in total. The zero-order valence-corrected chi connectivity index (χ0v) is 14.4. The summed E-state index contributed by atoms with van der Waals surface area (Å²) < 4.78 is 27.4. The number of benzene rings is 2. The van der Waals surface area contributed by atoms with E-state index in [2.05, 4.69) is 9.71 Å². The molecule has 3 rings (SSSR count). The number of thiazole rings is 1. The largest absolute Gasteiger partial charge is 0.280 e.